The van der Waals surface area contributed by atoms with E-state index in [4.69, 9.17) is 4.74 Å². The summed E-state index contributed by atoms with van der Waals surface area (Å²) < 4.78 is 18.4. The largest absolute Gasteiger partial charge is 0.453 e. The second-order valence-electron chi connectivity index (χ2n) is 6.42. The number of ether oxygens (including phenoxy) is 1. The van der Waals surface area contributed by atoms with E-state index in [9.17, 15) is 18.8 Å². The lowest BCUT2D eigenvalue weighted by Crippen LogP contribution is -2.50. The first-order chi connectivity index (χ1) is 11.1. The zero-order valence-corrected chi connectivity index (χ0v) is 14.3. The number of amides is 3. The highest BCUT2D eigenvalue weighted by Crippen LogP contribution is 2.09. The average Bonchev–Trinajstić information content (AvgIpc) is 2.44. The zero-order chi connectivity index (χ0) is 18.3. The molecule has 1 rings (SSSR count). The summed E-state index contributed by atoms with van der Waals surface area (Å²) in [6.45, 7) is 6.66. The molecule has 0 aromatic heterocycles. The summed E-state index contributed by atoms with van der Waals surface area (Å²) >= 11 is 0. The molecule has 7 heteroatoms. The summed E-state index contributed by atoms with van der Waals surface area (Å²) in [7, 11) is 0. The van der Waals surface area contributed by atoms with Crippen LogP contribution < -0.4 is 10.6 Å². The first kappa shape index (κ1) is 19.6. The normalized spacial score (nSPS) is 12.2. The summed E-state index contributed by atoms with van der Waals surface area (Å²) in [6.07, 6.45) is -1.01. The number of urea groups is 1. The summed E-state index contributed by atoms with van der Waals surface area (Å²) in [6, 6.07) is 5.46. The number of carbonyl (C=O) groups excluding carboxylic acids is 3. The molecule has 132 valence electrons. The molecule has 0 saturated heterocycles. The first-order valence-corrected chi connectivity index (χ1v) is 7.64. The van der Waals surface area contributed by atoms with Crippen LogP contribution in [0.4, 0.5) is 9.18 Å². The number of benzene rings is 1. The van der Waals surface area contributed by atoms with Gasteiger partial charge in [-0.25, -0.2) is 9.18 Å². The van der Waals surface area contributed by atoms with Gasteiger partial charge < -0.3 is 10.1 Å². The van der Waals surface area contributed by atoms with Crippen molar-refractivity contribution in [1.29, 1.82) is 0 Å². The van der Waals surface area contributed by atoms with Crippen molar-refractivity contribution in [3.63, 3.8) is 0 Å². The minimum Gasteiger partial charge on any atom is -0.453 e. The van der Waals surface area contributed by atoms with E-state index in [1.165, 1.54) is 13.0 Å². The molecule has 2 N–H and O–H groups in total. The van der Waals surface area contributed by atoms with Crippen LogP contribution in [0.3, 0.4) is 0 Å². The van der Waals surface area contributed by atoms with Gasteiger partial charge in [-0.05, 0) is 45.7 Å². The fourth-order valence-corrected chi connectivity index (χ4v) is 1.83. The zero-order valence-electron chi connectivity index (χ0n) is 14.3. The summed E-state index contributed by atoms with van der Waals surface area (Å²) in [5, 5.41) is 4.66. The molecule has 0 saturated carbocycles. The second-order valence-corrected chi connectivity index (χ2v) is 6.42. The van der Waals surface area contributed by atoms with Crippen LogP contribution in [0.2, 0.25) is 0 Å². The highest BCUT2D eigenvalue weighted by Gasteiger charge is 2.22. The van der Waals surface area contributed by atoms with E-state index in [0.717, 1.165) is 0 Å². The van der Waals surface area contributed by atoms with Crippen LogP contribution in [-0.2, 0) is 20.7 Å². The quantitative estimate of drug-likeness (QED) is 0.807. The smallest absolute Gasteiger partial charge is 0.321 e. The Labute approximate surface area is 140 Å². The summed E-state index contributed by atoms with van der Waals surface area (Å²) in [4.78, 5) is 35.1. The molecule has 0 unspecified atom stereocenters. The van der Waals surface area contributed by atoms with Gasteiger partial charge in [0, 0.05) is 12.0 Å². The molecule has 0 bridgehead atoms. The van der Waals surface area contributed by atoms with Crippen molar-refractivity contribution in [3.8, 4) is 0 Å². The lowest BCUT2D eigenvalue weighted by molar-refractivity contribution is -0.154. The Kier molecular flexibility index (Phi) is 6.88. The van der Waals surface area contributed by atoms with Crippen molar-refractivity contribution < 1.29 is 23.5 Å². The number of hydrogen-bond donors (Lipinski definition) is 2. The number of carbonyl (C=O) groups is 3. The molecule has 0 spiro atoms. The number of rotatable bonds is 5. The van der Waals surface area contributed by atoms with Gasteiger partial charge in [-0.15, -0.1) is 0 Å². The molecular weight excluding hydrogens is 315 g/mol. The Balaban J connectivity index is 2.42. The van der Waals surface area contributed by atoms with Gasteiger partial charge in [0.2, 0.25) is 0 Å². The molecule has 0 heterocycles. The first-order valence-electron chi connectivity index (χ1n) is 7.64. The highest BCUT2D eigenvalue weighted by atomic mass is 19.1. The molecule has 0 radical (unpaired) electrons. The number of halogens is 1. The predicted molar refractivity (Wildman–Crippen MR) is 86.7 cm³/mol. The molecule has 1 atom stereocenters. The fourth-order valence-electron chi connectivity index (χ4n) is 1.83. The van der Waals surface area contributed by atoms with Gasteiger partial charge in [-0.1, -0.05) is 18.2 Å². The molecule has 0 aliphatic heterocycles. The Hall–Kier alpha value is -2.44. The highest BCUT2D eigenvalue weighted by molar-refractivity contribution is 5.97. The molecular formula is C17H23FN2O4. The standard InChI is InChI=1S/C17H23FN2O4/c1-11(15(22)19-16(23)20-17(2,3)4)24-14(21)10-9-12-7-5-6-8-13(12)18/h5-8,11H,9-10H2,1-4H3,(H2,19,20,22,23)/t11-/m1/s1. The van der Waals surface area contributed by atoms with Crippen molar-refractivity contribution in [3.05, 3.63) is 35.6 Å². The lowest BCUT2D eigenvalue weighted by atomic mass is 10.1. The van der Waals surface area contributed by atoms with Crippen LogP contribution >= 0.6 is 0 Å². The van der Waals surface area contributed by atoms with Crippen LogP contribution in [0.15, 0.2) is 24.3 Å². The van der Waals surface area contributed by atoms with E-state index in [2.05, 4.69) is 10.6 Å². The van der Waals surface area contributed by atoms with Gasteiger partial charge in [0.15, 0.2) is 6.10 Å². The Morgan fingerprint density at radius 3 is 2.42 bits per heavy atom. The molecule has 24 heavy (non-hydrogen) atoms. The summed E-state index contributed by atoms with van der Waals surface area (Å²) in [5.41, 5.74) is -0.0968. The number of aryl methyl sites for hydroxylation is 1. The minimum absolute atomic E-state index is 0.0628. The predicted octanol–water partition coefficient (Wildman–Crippen LogP) is 2.31. The van der Waals surface area contributed by atoms with Crippen LogP contribution in [0, 0.1) is 5.82 Å². The van der Waals surface area contributed by atoms with E-state index in [1.807, 2.05) is 0 Å². The third-order valence-electron chi connectivity index (χ3n) is 2.96. The van der Waals surface area contributed by atoms with Gasteiger partial charge in [-0.3, -0.25) is 14.9 Å². The number of esters is 1. The molecule has 0 fully saturated rings. The molecule has 1 aromatic rings. The summed E-state index contributed by atoms with van der Waals surface area (Å²) in [5.74, 6) is -1.76. The van der Waals surface area contributed by atoms with Crippen molar-refractivity contribution in [2.75, 3.05) is 0 Å². The van der Waals surface area contributed by atoms with Crippen LogP contribution in [0.25, 0.3) is 0 Å². The Morgan fingerprint density at radius 1 is 1.21 bits per heavy atom. The molecule has 0 aliphatic rings. The maximum absolute atomic E-state index is 13.4. The fraction of sp³-hybridized carbons (Fsp3) is 0.471. The van der Waals surface area contributed by atoms with Gasteiger partial charge >= 0.3 is 12.0 Å². The van der Waals surface area contributed by atoms with E-state index in [0.29, 0.717) is 5.56 Å². The van der Waals surface area contributed by atoms with E-state index < -0.39 is 35.4 Å². The molecule has 3 amide bonds. The van der Waals surface area contributed by atoms with Crippen molar-refractivity contribution in [2.24, 2.45) is 0 Å². The topological polar surface area (TPSA) is 84.5 Å². The van der Waals surface area contributed by atoms with Gasteiger partial charge in [0.25, 0.3) is 5.91 Å². The SMILES string of the molecule is C[C@@H](OC(=O)CCc1ccccc1F)C(=O)NC(=O)NC(C)(C)C. The van der Waals surface area contributed by atoms with Crippen LogP contribution in [0.1, 0.15) is 39.7 Å². The van der Waals surface area contributed by atoms with E-state index >= 15 is 0 Å². The van der Waals surface area contributed by atoms with E-state index in [-0.39, 0.29) is 12.8 Å². The van der Waals surface area contributed by atoms with Crippen molar-refractivity contribution in [1.82, 2.24) is 10.6 Å². The maximum atomic E-state index is 13.4. The minimum atomic E-state index is -1.12. The second kappa shape index (κ2) is 8.42. The Bertz CT molecular complexity index is 611. The van der Waals surface area contributed by atoms with Crippen molar-refractivity contribution in [2.45, 2.75) is 52.2 Å². The van der Waals surface area contributed by atoms with E-state index in [1.54, 1.807) is 39.0 Å². The van der Waals surface area contributed by atoms with Crippen LogP contribution in [-0.4, -0.2) is 29.6 Å². The third kappa shape index (κ3) is 7.21. The third-order valence-corrected chi connectivity index (χ3v) is 2.96. The Morgan fingerprint density at radius 2 is 1.83 bits per heavy atom. The van der Waals surface area contributed by atoms with Gasteiger partial charge in [-0.2, -0.15) is 0 Å². The van der Waals surface area contributed by atoms with Gasteiger partial charge in [0.05, 0.1) is 0 Å². The molecule has 6 nitrogen and oxygen atoms in total. The lowest BCUT2D eigenvalue weighted by Gasteiger charge is -2.21. The van der Waals surface area contributed by atoms with Crippen LogP contribution in [0.5, 0.6) is 0 Å². The van der Waals surface area contributed by atoms with Gasteiger partial charge in [0.1, 0.15) is 5.82 Å². The van der Waals surface area contributed by atoms with Crippen molar-refractivity contribution >= 4 is 17.9 Å². The maximum Gasteiger partial charge on any atom is 0.321 e. The molecule has 0 aliphatic carbocycles. The number of nitrogens with one attached hydrogen (secondary N) is 2. The molecule has 1 aromatic carbocycles. The average molecular weight is 338 g/mol. The number of imide groups is 1. The monoisotopic (exact) mass is 338 g/mol. The number of hydrogen-bond acceptors (Lipinski definition) is 4.